The molecule has 26 heavy (non-hydrogen) atoms. The van der Waals surface area contributed by atoms with Gasteiger partial charge in [0.1, 0.15) is 6.07 Å². The summed E-state index contributed by atoms with van der Waals surface area (Å²) in [6.07, 6.45) is 2.39. The fourth-order valence-corrected chi connectivity index (χ4v) is 3.99. The van der Waals surface area contributed by atoms with E-state index in [2.05, 4.69) is 4.98 Å². The lowest BCUT2D eigenvalue weighted by molar-refractivity contribution is 0.0997. The molecule has 0 radical (unpaired) electrons. The van der Waals surface area contributed by atoms with Crippen LogP contribution in [-0.2, 0) is 9.84 Å². The van der Waals surface area contributed by atoms with Crippen molar-refractivity contribution in [3.63, 3.8) is 0 Å². The topological polar surface area (TPSA) is 114 Å². The van der Waals surface area contributed by atoms with E-state index in [4.69, 9.17) is 11.0 Å². The molecule has 6 nitrogen and oxygen atoms in total. The molecule has 128 valence electrons. The minimum atomic E-state index is -4.09. The Morgan fingerprint density at radius 2 is 1.73 bits per heavy atom. The SMILES string of the molecule is N#Cc1cncc(S(=O)(=O)c2cc(-c3ccccc3)ccc2C(N)=O)c1. The second-order valence-corrected chi connectivity index (χ2v) is 7.38. The van der Waals surface area contributed by atoms with Crippen molar-refractivity contribution in [3.8, 4) is 17.2 Å². The van der Waals surface area contributed by atoms with Crippen molar-refractivity contribution < 1.29 is 13.2 Å². The molecular weight excluding hydrogens is 350 g/mol. The molecule has 0 bridgehead atoms. The van der Waals surface area contributed by atoms with Gasteiger partial charge in [-0.3, -0.25) is 9.78 Å². The van der Waals surface area contributed by atoms with Crippen LogP contribution in [-0.4, -0.2) is 19.3 Å². The molecule has 7 heteroatoms. The third-order valence-electron chi connectivity index (χ3n) is 3.80. The smallest absolute Gasteiger partial charge is 0.250 e. The van der Waals surface area contributed by atoms with Crippen LogP contribution in [0.3, 0.4) is 0 Å². The maximum atomic E-state index is 13.1. The van der Waals surface area contributed by atoms with E-state index in [1.807, 2.05) is 36.4 Å². The van der Waals surface area contributed by atoms with Crippen molar-refractivity contribution in [1.82, 2.24) is 4.98 Å². The number of sulfone groups is 1. The van der Waals surface area contributed by atoms with Crippen molar-refractivity contribution in [3.05, 3.63) is 78.1 Å². The Hall–Kier alpha value is -3.50. The van der Waals surface area contributed by atoms with Crippen molar-refractivity contribution in [2.24, 2.45) is 5.73 Å². The van der Waals surface area contributed by atoms with Gasteiger partial charge in [0.05, 0.1) is 20.9 Å². The van der Waals surface area contributed by atoms with E-state index in [0.717, 1.165) is 11.8 Å². The van der Waals surface area contributed by atoms with E-state index < -0.39 is 15.7 Å². The second kappa shape index (κ2) is 6.78. The van der Waals surface area contributed by atoms with Crippen LogP contribution in [0, 0.1) is 11.3 Å². The molecule has 0 aliphatic heterocycles. The molecule has 1 amide bonds. The Morgan fingerprint density at radius 1 is 1.00 bits per heavy atom. The number of nitrogens with zero attached hydrogens (tertiary/aromatic N) is 2. The summed E-state index contributed by atoms with van der Waals surface area (Å²) >= 11 is 0. The number of rotatable bonds is 4. The number of benzene rings is 2. The molecule has 0 fully saturated rings. The lowest BCUT2D eigenvalue weighted by atomic mass is 10.0. The highest BCUT2D eigenvalue weighted by Crippen LogP contribution is 2.29. The summed E-state index contributed by atoms with van der Waals surface area (Å²) in [5.41, 5.74) is 6.77. The summed E-state index contributed by atoms with van der Waals surface area (Å²) in [7, 11) is -4.09. The third kappa shape index (κ3) is 3.18. The third-order valence-corrected chi connectivity index (χ3v) is 5.56. The van der Waals surface area contributed by atoms with Crippen LogP contribution in [0.15, 0.2) is 76.8 Å². The maximum Gasteiger partial charge on any atom is 0.250 e. The molecule has 3 aromatic rings. The Kier molecular flexibility index (Phi) is 4.52. The number of hydrogen-bond donors (Lipinski definition) is 1. The van der Waals surface area contributed by atoms with Crippen LogP contribution >= 0.6 is 0 Å². The van der Waals surface area contributed by atoms with Crippen LogP contribution in [0.1, 0.15) is 15.9 Å². The van der Waals surface area contributed by atoms with E-state index in [9.17, 15) is 13.2 Å². The lowest BCUT2D eigenvalue weighted by Gasteiger charge is -2.11. The summed E-state index contributed by atoms with van der Waals surface area (Å²) in [6, 6.07) is 16.6. The molecule has 0 spiro atoms. The van der Waals surface area contributed by atoms with Gasteiger partial charge in [-0.1, -0.05) is 36.4 Å². The van der Waals surface area contributed by atoms with Gasteiger partial charge in [0, 0.05) is 12.4 Å². The molecule has 0 unspecified atom stereocenters. The van der Waals surface area contributed by atoms with Gasteiger partial charge in [0.2, 0.25) is 15.7 Å². The highest BCUT2D eigenvalue weighted by molar-refractivity contribution is 7.91. The van der Waals surface area contributed by atoms with Gasteiger partial charge in [0.25, 0.3) is 0 Å². The molecule has 3 rings (SSSR count). The normalized spacial score (nSPS) is 10.9. The molecular formula is C19H13N3O3S. The summed E-state index contributed by atoms with van der Waals surface area (Å²) in [5.74, 6) is -0.854. The predicted octanol–water partition coefficient (Wildman–Crippen LogP) is 2.55. The first kappa shape index (κ1) is 17.3. The molecule has 2 N–H and O–H groups in total. The first-order valence-electron chi connectivity index (χ1n) is 7.53. The van der Waals surface area contributed by atoms with Crippen LogP contribution in [0.4, 0.5) is 0 Å². The van der Waals surface area contributed by atoms with Crippen molar-refractivity contribution >= 4 is 15.7 Å². The standard InChI is InChI=1S/C19H13N3O3S/c20-10-13-8-16(12-22-11-13)26(24,25)18-9-15(6-7-17(18)19(21)23)14-4-2-1-3-5-14/h1-9,11-12H,(H2,21,23). The first-order valence-corrected chi connectivity index (χ1v) is 9.01. The fourth-order valence-electron chi connectivity index (χ4n) is 2.51. The zero-order chi connectivity index (χ0) is 18.7. The molecule has 1 heterocycles. The summed E-state index contributed by atoms with van der Waals surface area (Å²) in [4.78, 5) is 15.1. The van der Waals surface area contributed by atoms with Crippen LogP contribution in [0.5, 0.6) is 0 Å². The van der Waals surface area contributed by atoms with Gasteiger partial charge in [-0.2, -0.15) is 5.26 Å². The molecule has 0 aliphatic carbocycles. The minimum Gasteiger partial charge on any atom is -0.366 e. The molecule has 2 aromatic carbocycles. The number of nitrogens with two attached hydrogens (primary N) is 1. The summed E-state index contributed by atoms with van der Waals surface area (Å²) in [6.45, 7) is 0. The number of nitriles is 1. The summed E-state index contributed by atoms with van der Waals surface area (Å²) < 4.78 is 26.1. The number of amides is 1. The van der Waals surface area contributed by atoms with E-state index in [1.54, 1.807) is 6.07 Å². The zero-order valence-corrected chi connectivity index (χ0v) is 14.3. The van der Waals surface area contributed by atoms with E-state index >= 15 is 0 Å². The number of primary amides is 1. The summed E-state index contributed by atoms with van der Waals surface area (Å²) in [5, 5.41) is 8.98. The minimum absolute atomic E-state index is 0.103. The van der Waals surface area contributed by atoms with E-state index in [1.165, 1.54) is 24.4 Å². The largest absolute Gasteiger partial charge is 0.366 e. The quantitative estimate of drug-likeness (QED) is 0.765. The van der Waals surface area contributed by atoms with Crippen LogP contribution in [0.25, 0.3) is 11.1 Å². The zero-order valence-electron chi connectivity index (χ0n) is 13.5. The number of pyridine rings is 1. The average Bonchev–Trinajstić information content (AvgIpc) is 2.68. The number of aromatic nitrogens is 1. The Morgan fingerprint density at radius 3 is 2.38 bits per heavy atom. The van der Waals surface area contributed by atoms with Gasteiger partial charge in [-0.25, -0.2) is 8.42 Å². The molecule has 0 atom stereocenters. The Balaban J connectivity index is 2.24. The number of carbonyl (C=O) groups excluding carboxylic acids is 1. The Bertz CT molecular complexity index is 1130. The van der Waals surface area contributed by atoms with Crippen molar-refractivity contribution in [2.45, 2.75) is 9.79 Å². The monoisotopic (exact) mass is 363 g/mol. The first-order chi connectivity index (χ1) is 12.4. The van der Waals surface area contributed by atoms with Gasteiger partial charge in [-0.05, 0) is 29.3 Å². The Labute approximate surface area is 150 Å². The average molecular weight is 363 g/mol. The van der Waals surface area contributed by atoms with E-state index in [-0.39, 0.29) is 20.9 Å². The maximum absolute atomic E-state index is 13.1. The van der Waals surface area contributed by atoms with Gasteiger partial charge in [-0.15, -0.1) is 0 Å². The number of hydrogen-bond acceptors (Lipinski definition) is 5. The van der Waals surface area contributed by atoms with Gasteiger partial charge < -0.3 is 5.73 Å². The molecule has 0 saturated heterocycles. The molecule has 1 aromatic heterocycles. The highest BCUT2D eigenvalue weighted by Gasteiger charge is 2.25. The highest BCUT2D eigenvalue weighted by atomic mass is 32.2. The lowest BCUT2D eigenvalue weighted by Crippen LogP contribution is -2.17. The van der Waals surface area contributed by atoms with Crippen LogP contribution < -0.4 is 5.73 Å². The second-order valence-electron chi connectivity index (χ2n) is 5.47. The molecule has 0 saturated carbocycles. The van der Waals surface area contributed by atoms with Crippen molar-refractivity contribution in [2.75, 3.05) is 0 Å². The number of carbonyl (C=O) groups is 1. The van der Waals surface area contributed by atoms with Gasteiger partial charge >= 0.3 is 0 Å². The van der Waals surface area contributed by atoms with E-state index in [0.29, 0.717) is 5.56 Å². The van der Waals surface area contributed by atoms with Crippen LogP contribution in [0.2, 0.25) is 0 Å². The van der Waals surface area contributed by atoms with Gasteiger partial charge in [0.15, 0.2) is 0 Å². The predicted molar refractivity (Wildman–Crippen MR) is 94.8 cm³/mol. The fraction of sp³-hybridized carbons (Fsp3) is 0. The molecule has 0 aliphatic rings. The van der Waals surface area contributed by atoms with Crippen molar-refractivity contribution in [1.29, 1.82) is 5.26 Å².